The van der Waals surface area contributed by atoms with Crippen LogP contribution in [0.4, 0.5) is 5.82 Å². The monoisotopic (exact) mass is 380 g/mol. The van der Waals surface area contributed by atoms with Crippen molar-refractivity contribution >= 4 is 23.3 Å². The van der Waals surface area contributed by atoms with Crippen LogP contribution in [0.3, 0.4) is 0 Å². The number of nitrogens with one attached hydrogen (secondary N) is 2. The van der Waals surface area contributed by atoms with E-state index in [1.54, 1.807) is 0 Å². The van der Waals surface area contributed by atoms with Gasteiger partial charge in [0.15, 0.2) is 5.82 Å². The van der Waals surface area contributed by atoms with E-state index in [1.807, 2.05) is 61.5 Å². The van der Waals surface area contributed by atoms with Crippen molar-refractivity contribution in [3.8, 4) is 11.3 Å². The van der Waals surface area contributed by atoms with E-state index in [2.05, 4.69) is 20.4 Å². The highest BCUT2D eigenvalue weighted by Gasteiger charge is 2.26. The summed E-state index contributed by atoms with van der Waals surface area (Å²) in [6.45, 7) is 3.61. The molecule has 1 unspecified atom stereocenters. The molecule has 2 N–H and O–H groups in total. The fourth-order valence-electron chi connectivity index (χ4n) is 3.39. The predicted molar refractivity (Wildman–Crippen MR) is 108 cm³/mol. The third-order valence-corrected chi connectivity index (χ3v) is 5.10. The zero-order valence-electron chi connectivity index (χ0n) is 15.1. The van der Waals surface area contributed by atoms with Gasteiger partial charge in [0.25, 0.3) is 5.91 Å². The van der Waals surface area contributed by atoms with Crippen LogP contribution in [0.5, 0.6) is 0 Å². The van der Waals surface area contributed by atoms with E-state index in [-0.39, 0.29) is 11.9 Å². The third kappa shape index (κ3) is 3.98. The van der Waals surface area contributed by atoms with Crippen LogP contribution in [-0.2, 0) is 0 Å². The number of hydrogen-bond donors (Lipinski definition) is 2. The molecule has 6 heteroatoms. The van der Waals surface area contributed by atoms with Crippen molar-refractivity contribution in [1.29, 1.82) is 0 Å². The highest BCUT2D eigenvalue weighted by Crippen LogP contribution is 2.25. The minimum absolute atomic E-state index is 0.0190. The van der Waals surface area contributed by atoms with Gasteiger partial charge in [0.2, 0.25) is 0 Å². The van der Waals surface area contributed by atoms with Gasteiger partial charge in [0.1, 0.15) is 0 Å². The molecule has 27 heavy (non-hydrogen) atoms. The van der Waals surface area contributed by atoms with Crippen molar-refractivity contribution < 1.29 is 4.79 Å². The van der Waals surface area contributed by atoms with Gasteiger partial charge in [-0.1, -0.05) is 41.4 Å². The minimum atomic E-state index is -0.0190. The standard InChI is InChI=1S/C21H21ClN4O/c1-14-3-2-4-16(11-14)21(27)23-18-9-10-26(13-18)20-12-19(24-25-20)15-5-7-17(22)8-6-15/h2-8,11-12,18H,9-10,13H2,1H3,(H,23,27)(H,24,25). The number of halogens is 1. The Hall–Kier alpha value is -2.79. The van der Waals surface area contributed by atoms with Crippen LogP contribution in [0.2, 0.25) is 5.02 Å². The van der Waals surface area contributed by atoms with Gasteiger partial charge in [-0.2, -0.15) is 5.10 Å². The van der Waals surface area contributed by atoms with E-state index in [0.717, 1.165) is 42.1 Å². The maximum absolute atomic E-state index is 12.5. The fourth-order valence-corrected chi connectivity index (χ4v) is 3.52. The van der Waals surface area contributed by atoms with Gasteiger partial charge < -0.3 is 10.2 Å². The zero-order chi connectivity index (χ0) is 18.8. The Balaban J connectivity index is 1.40. The molecule has 0 bridgehead atoms. The Labute approximate surface area is 163 Å². The van der Waals surface area contributed by atoms with Crippen LogP contribution in [0.25, 0.3) is 11.3 Å². The lowest BCUT2D eigenvalue weighted by atomic mass is 10.1. The molecule has 4 rings (SSSR count). The van der Waals surface area contributed by atoms with Crippen LogP contribution in [0.15, 0.2) is 54.6 Å². The van der Waals surface area contributed by atoms with Crippen molar-refractivity contribution in [2.45, 2.75) is 19.4 Å². The second-order valence-electron chi connectivity index (χ2n) is 6.92. The molecule has 0 aliphatic carbocycles. The number of nitrogens with zero attached hydrogens (tertiary/aromatic N) is 2. The lowest BCUT2D eigenvalue weighted by Gasteiger charge is -2.16. The van der Waals surface area contributed by atoms with Crippen LogP contribution in [0, 0.1) is 6.92 Å². The van der Waals surface area contributed by atoms with Gasteiger partial charge in [-0.25, -0.2) is 0 Å². The molecular formula is C21H21ClN4O. The summed E-state index contributed by atoms with van der Waals surface area (Å²) < 4.78 is 0. The Morgan fingerprint density at radius 2 is 2.04 bits per heavy atom. The van der Waals surface area contributed by atoms with Crippen LogP contribution >= 0.6 is 11.6 Å². The van der Waals surface area contributed by atoms with E-state index in [1.165, 1.54) is 0 Å². The van der Waals surface area contributed by atoms with Gasteiger partial charge in [-0.15, -0.1) is 0 Å². The minimum Gasteiger partial charge on any atom is -0.353 e. The number of hydrogen-bond acceptors (Lipinski definition) is 3. The molecule has 1 atom stereocenters. The maximum Gasteiger partial charge on any atom is 0.251 e. The third-order valence-electron chi connectivity index (χ3n) is 4.85. The molecule has 1 saturated heterocycles. The molecule has 2 heterocycles. The number of H-pyrrole nitrogens is 1. The fraction of sp³-hybridized carbons (Fsp3) is 0.238. The molecule has 0 spiro atoms. The number of aromatic nitrogens is 2. The Bertz CT molecular complexity index is 951. The number of rotatable bonds is 4. The summed E-state index contributed by atoms with van der Waals surface area (Å²) in [7, 11) is 0. The first-order chi connectivity index (χ1) is 13.1. The van der Waals surface area contributed by atoms with Crippen molar-refractivity contribution in [2.75, 3.05) is 18.0 Å². The van der Waals surface area contributed by atoms with E-state index in [9.17, 15) is 4.79 Å². The summed E-state index contributed by atoms with van der Waals surface area (Å²) in [5, 5.41) is 11.4. The first-order valence-electron chi connectivity index (χ1n) is 9.02. The molecular weight excluding hydrogens is 360 g/mol. The van der Waals surface area contributed by atoms with Gasteiger partial charge in [-0.3, -0.25) is 9.89 Å². The number of aryl methyl sites for hydroxylation is 1. The van der Waals surface area contributed by atoms with Crippen molar-refractivity contribution in [3.05, 3.63) is 70.7 Å². The van der Waals surface area contributed by atoms with Gasteiger partial charge in [0.05, 0.1) is 5.69 Å². The smallest absolute Gasteiger partial charge is 0.251 e. The van der Waals surface area contributed by atoms with Crippen molar-refractivity contribution in [2.24, 2.45) is 0 Å². The van der Waals surface area contributed by atoms with Crippen LogP contribution in [0.1, 0.15) is 22.3 Å². The zero-order valence-corrected chi connectivity index (χ0v) is 15.8. The number of aromatic amines is 1. The summed E-state index contributed by atoms with van der Waals surface area (Å²) in [5.41, 5.74) is 3.79. The normalized spacial score (nSPS) is 16.5. The van der Waals surface area contributed by atoms with Crippen LogP contribution in [-0.4, -0.2) is 35.2 Å². The van der Waals surface area contributed by atoms with E-state index < -0.39 is 0 Å². The molecule has 1 amide bonds. The second-order valence-corrected chi connectivity index (χ2v) is 7.36. The lowest BCUT2D eigenvalue weighted by Crippen LogP contribution is -2.37. The summed E-state index contributed by atoms with van der Waals surface area (Å²) >= 11 is 5.95. The first-order valence-corrected chi connectivity index (χ1v) is 9.40. The molecule has 1 fully saturated rings. The molecule has 2 aromatic carbocycles. The molecule has 1 aliphatic heterocycles. The number of amides is 1. The van der Waals surface area contributed by atoms with Crippen LogP contribution < -0.4 is 10.2 Å². The topological polar surface area (TPSA) is 61.0 Å². The van der Waals surface area contributed by atoms with Gasteiger partial charge in [0, 0.05) is 35.8 Å². The molecule has 0 radical (unpaired) electrons. The molecule has 138 valence electrons. The van der Waals surface area contributed by atoms with Gasteiger partial charge >= 0.3 is 0 Å². The Morgan fingerprint density at radius 1 is 1.22 bits per heavy atom. The highest BCUT2D eigenvalue weighted by atomic mass is 35.5. The SMILES string of the molecule is Cc1cccc(C(=O)NC2CCN(c3cc(-c4ccc(Cl)cc4)[nH]n3)C2)c1. The number of carbonyl (C=O) groups excluding carboxylic acids is 1. The average molecular weight is 381 g/mol. The molecule has 3 aromatic rings. The molecule has 5 nitrogen and oxygen atoms in total. The largest absolute Gasteiger partial charge is 0.353 e. The number of anilines is 1. The molecule has 1 aliphatic rings. The first kappa shape index (κ1) is 17.6. The Morgan fingerprint density at radius 3 is 2.81 bits per heavy atom. The molecule has 1 aromatic heterocycles. The quantitative estimate of drug-likeness (QED) is 0.717. The van der Waals surface area contributed by atoms with E-state index in [0.29, 0.717) is 10.6 Å². The average Bonchev–Trinajstić information content (AvgIpc) is 3.32. The van der Waals surface area contributed by atoms with Gasteiger partial charge in [-0.05, 0) is 43.2 Å². The number of benzene rings is 2. The second kappa shape index (κ2) is 7.45. The Kier molecular flexibility index (Phi) is 4.86. The summed E-state index contributed by atoms with van der Waals surface area (Å²) in [4.78, 5) is 14.6. The molecule has 0 saturated carbocycles. The van der Waals surface area contributed by atoms with Crippen molar-refractivity contribution in [3.63, 3.8) is 0 Å². The van der Waals surface area contributed by atoms with E-state index >= 15 is 0 Å². The maximum atomic E-state index is 12.5. The summed E-state index contributed by atoms with van der Waals surface area (Å²) in [5.74, 6) is 0.877. The van der Waals surface area contributed by atoms with E-state index in [4.69, 9.17) is 11.6 Å². The predicted octanol–water partition coefficient (Wildman–Crippen LogP) is 4.05. The summed E-state index contributed by atoms with van der Waals surface area (Å²) in [6, 6.07) is 17.5. The highest BCUT2D eigenvalue weighted by molar-refractivity contribution is 6.30. The van der Waals surface area contributed by atoms with Crippen molar-refractivity contribution in [1.82, 2.24) is 15.5 Å². The lowest BCUT2D eigenvalue weighted by molar-refractivity contribution is 0.0940. The summed E-state index contributed by atoms with van der Waals surface area (Å²) in [6.07, 6.45) is 0.903. The number of carbonyl (C=O) groups is 1.